The second-order valence-electron chi connectivity index (χ2n) is 3.62. The fourth-order valence-electron chi connectivity index (χ4n) is 1.74. The molecule has 1 saturated heterocycles. The summed E-state index contributed by atoms with van der Waals surface area (Å²) in [5.74, 6) is -0.923. The Kier molecular flexibility index (Phi) is 3.40. The highest BCUT2D eigenvalue weighted by Gasteiger charge is 2.42. The summed E-state index contributed by atoms with van der Waals surface area (Å²) in [5, 5.41) is 1.32. The lowest BCUT2D eigenvalue weighted by molar-refractivity contribution is -0.125. The summed E-state index contributed by atoms with van der Waals surface area (Å²) in [6, 6.07) is 5.21. The lowest BCUT2D eigenvalue weighted by Gasteiger charge is -2.13. The maximum atomic E-state index is 11.7. The molecule has 2 rings (SSSR count). The highest BCUT2D eigenvalue weighted by atomic mass is 79.9. The average molecular weight is 319 g/mol. The summed E-state index contributed by atoms with van der Waals surface area (Å²) in [4.78, 5) is 23.0. The van der Waals surface area contributed by atoms with E-state index in [0.717, 1.165) is 4.47 Å². The second-order valence-corrected chi connectivity index (χ2v) is 4.94. The number of hydrogen-bond donors (Lipinski definition) is 1. The minimum atomic E-state index is -0.883. The minimum absolute atomic E-state index is 0.385. The van der Waals surface area contributed by atoms with Crippen molar-refractivity contribution in [3.8, 4) is 5.75 Å². The molecule has 0 bridgehead atoms. The molecule has 0 radical (unpaired) electrons. The third-order valence-electron chi connectivity index (χ3n) is 2.61. The van der Waals surface area contributed by atoms with Crippen LogP contribution >= 0.6 is 27.5 Å². The summed E-state index contributed by atoms with van der Waals surface area (Å²) in [7, 11) is 1.53. The van der Waals surface area contributed by atoms with E-state index in [4.69, 9.17) is 16.3 Å². The van der Waals surface area contributed by atoms with Crippen LogP contribution in [0, 0.1) is 0 Å². The highest BCUT2D eigenvalue weighted by molar-refractivity contribution is 9.10. The van der Waals surface area contributed by atoms with Gasteiger partial charge in [-0.25, -0.2) is 0 Å². The molecule has 4 nitrogen and oxygen atoms in total. The zero-order chi connectivity index (χ0) is 12.6. The molecule has 1 aliphatic heterocycles. The Morgan fingerprint density at radius 1 is 1.35 bits per heavy atom. The van der Waals surface area contributed by atoms with E-state index in [2.05, 4.69) is 21.2 Å². The van der Waals surface area contributed by atoms with Gasteiger partial charge in [-0.15, -0.1) is 11.6 Å². The summed E-state index contributed by atoms with van der Waals surface area (Å²) >= 11 is 9.27. The lowest BCUT2D eigenvalue weighted by Crippen LogP contribution is -2.22. The molecular formula is C11H9BrClNO3. The van der Waals surface area contributed by atoms with Crippen molar-refractivity contribution in [2.24, 2.45) is 0 Å². The van der Waals surface area contributed by atoms with Crippen molar-refractivity contribution >= 4 is 39.3 Å². The van der Waals surface area contributed by atoms with Crippen LogP contribution in [0.1, 0.15) is 11.5 Å². The molecule has 6 heteroatoms. The average Bonchev–Trinajstić information content (AvgIpc) is 2.55. The van der Waals surface area contributed by atoms with Crippen LogP contribution in [-0.4, -0.2) is 24.3 Å². The monoisotopic (exact) mass is 317 g/mol. The van der Waals surface area contributed by atoms with Crippen LogP contribution in [0.25, 0.3) is 0 Å². The van der Waals surface area contributed by atoms with Gasteiger partial charge in [0.25, 0.3) is 0 Å². The maximum Gasteiger partial charge on any atom is 0.245 e. The molecule has 1 aromatic rings. The van der Waals surface area contributed by atoms with Crippen LogP contribution in [0.3, 0.4) is 0 Å². The predicted octanol–water partition coefficient (Wildman–Crippen LogP) is 1.81. The first-order chi connectivity index (χ1) is 8.04. The minimum Gasteiger partial charge on any atom is -0.497 e. The summed E-state index contributed by atoms with van der Waals surface area (Å²) in [6.45, 7) is 0. The number of methoxy groups -OCH3 is 1. The van der Waals surface area contributed by atoms with Gasteiger partial charge in [-0.3, -0.25) is 14.9 Å². The van der Waals surface area contributed by atoms with Gasteiger partial charge in [0.05, 0.1) is 13.0 Å². The number of halogens is 2. The standard InChI is InChI=1S/C11H9BrClNO3/c1-17-5-2-3-7(12)6(4-5)8-9(13)11(16)14-10(8)15/h2-4,8-9H,1H3,(H,14,15,16). The van der Waals surface area contributed by atoms with Crippen molar-refractivity contribution < 1.29 is 14.3 Å². The molecule has 1 aromatic carbocycles. The Labute approximate surface area is 111 Å². The van der Waals surface area contributed by atoms with E-state index in [1.807, 2.05) is 0 Å². The normalized spacial score (nSPS) is 23.7. The van der Waals surface area contributed by atoms with Crippen molar-refractivity contribution in [1.29, 1.82) is 0 Å². The number of amides is 2. The van der Waals surface area contributed by atoms with Crippen LogP contribution < -0.4 is 10.1 Å². The molecule has 0 aliphatic carbocycles. The molecule has 90 valence electrons. The third-order valence-corrected chi connectivity index (χ3v) is 3.78. The molecule has 2 amide bonds. The molecule has 2 unspecified atom stereocenters. The summed E-state index contributed by atoms with van der Waals surface area (Å²) < 4.78 is 5.81. The number of alkyl halides is 1. The number of ether oxygens (including phenoxy) is 1. The topological polar surface area (TPSA) is 55.4 Å². The van der Waals surface area contributed by atoms with Gasteiger partial charge in [-0.1, -0.05) is 15.9 Å². The van der Waals surface area contributed by atoms with Gasteiger partial charge in [0.1, 0.15) is 11.1 Å². The molecule has 1 aliphatic rings. The van der Waals surface area contributed by atoms with Crippen LogP contribution in [-0.2, 0) is 9.59 Å². The van der Waals surface area contributed by atoms with Crippen molar-refractivity contribution in [1.82, 2.24) is 5.32 Å². The SMILES string of the molecule is COc1ccc(Br)c(C2C(=O)NC(=O)C2Cl)c1. The van der Waals surface area contributed by atoms with Crippen molar-refractivity contribution in [2.45, 2.75) is 11.3 Å². The van der Waals surface area contributed by atoms with E-state index < -0.39 is 17.2 Å². The van der Waals surface area contributed by atoms with Crippen LogP contribution in [0.4, 0.5) is 0 Å². The van der Waals surface area contributed by atoms with E-state index in [-0.39, 0.29) is 5.91 Å². The second kappa shape index (κ2) is 4.66. The van der Waals surface area contributed by atoms with E-state index in [9.17, 15) is 9.59 Å². The van der Waals surface area contributed by atoms with Gasteiger partial charge in [-0.05, 0) is 23.8 Å². The Bertz CT molecular complexity index is 492. The van der Waals surface area contributed by atoms with Crippen molar-refractivity contribution in [3.05, 3.63) is 28.2 Å². The Morgan fingerprint density at radius 3 is 2.59 bits per heavy atom. The zero-order valence-electron chi connectivity index (χ0n) is 8.87. The summed E-state index contributed by atoms with van der Waals surface area (Å²) in [5.41, 5.74) is 0.646. The fraction of sp³-hybridized carbons (Fsp3) is 0.273. The Hall–Kier alpha value is -1.07. The Morgan fingerprint density at radius 2 is 2.06 bits per heavy atom. The largest absolute Gasteiger partial charge is 0.497 e. The van der Waals surface area contributed by atoms with Crippen molar-refractivity contribution in [2.75, 3.05) is 7.11 Å². The molecular weight excluding hydrogens is 309 g/mol. The molecule has 2 atom stereocenters. The van der Waals surface area contributed by atoms with Gasteiger partial charge in [-0.2, -0.15) is 0 Å². The van der Waals surface area contributed by atoms with E-state index >= 15 is 0 Å². The van der Waals surface area contributed by atoms with Crippen LogP contribution in [0.5, 0.6) is 5.75 Å². The number of nitrogens with one attached hydrogen (secondary N) is 1. The zero-order valence-corrected chi connectivity index (χ0v) is 11.2. The van der Waals surface area contributed by atoms with Crippen LogP contribution in [0.2, 0.25) is 0 Å². The van der Waals surface area contributed by atoms with E-state index in [0.29, 0.717) is 11.3 Å². The fourth-order valence-corrected chi connectivity index (χ4v) is 2.54. The third kappa shape index (κ3) is 2.17. The first-order valence-corrected chi connectivity index (χ1v) is 6.09. The first-order valence-electron chi connectivity index (χ1n) is 4.87. The number of benzene rings is 1. The number of carbonyl (C=O) groups is 2. The quantitative estimate of drug-likeness (QED) is 0.668. The summed E-state index contributed by atoms with van der Waals surface area (Å²) in [6.07, 6.45) is 0. The molecule has 1 heterocycles. The molecule has 0 saturated carbocycles. The number of carbonyl (C=O) groups excluding carboxylic acids is 2. The maximum absolute atomic E-state index is 11.7. The molecule has 1 N–H and O–H groups in total. The lowest BCUT2D eigenvalue weighted by atomic mass is 9.97. The van der Waals surface area contributed by atoms with E-state index in [1.54, 1.807) is 18.2 Å². The highest BCUT2D eigenvalue weighted by Crippen LogP contribution is 2.35. The van der Waals surface area contributed by atoms with Crippen LogP contribution in [0.15, 0.2) is 22.7 Å². The number of hydrogen-bond acceptors (Lipinski definition) is 3. The molecule has 0 aromatic heterocycles. The smallest absolute Gasteiger partial charge is 0.245 e. The van der Waals surface area contributed by atoms with Gasteiger partial charge >= 0.3 is 0 Å². The molecule has 17 heavy (non-hydrogen) atoms. The number of imide groups is 1. The van der Waals surface area contributed by atoms with Gasteiger partial charge < -0.3 is 4.74 Å². The first kappa shape index (κ1) is 12.4. The Balaban J connectivity index is 2.46. The van der Waals surface area contributed by atoms with Crippen molar-refractivity contribution in [3.63, 3.8) is 0 Å². The van der Waals surface area contributed by atoms with Gasteiger partial charge in [0, 0.05) is 4.47 Å². The van der Waals surface area contributed by atoms with Gasteiger partial charge in [0.2, 0.25) is 11.8 Å². The van der Waals surface area contributed by atoms with Gasteiger partial charge in [0.15, 0.2) is 0 Å². The molecule has 0 spiro atoms. The molecule has 1 fully saturated rings. The predicted molar refractivity (Wildman–Crippen MR) is 66.2 cm³/mol. The number of rotatable bonds is 2. The van der Waals surface area contributed by atoms with E-state index in [1.165, 1.54) is 7.11 Å².